The third-order valence-corrected chi connectivity index (χ3v) is 4.53. The molecule has 25 heavy (non-hydrogen) atoms. The van der Waals surface area contributed by atoms with Gasteiger partial charge in [0, 0.05) is 12.5 Å². The van der Waals surface area contributed by atoms with Gasteiger partial charge in [-0.25, -0.2) is 4.79 Å². The fraction of sp³-hybridized carbons (Fsp3) is 0.350. The van der Waals surface area contributed by atoms with Crippen molar-refractivity contribution in [3.05, 3.63) is 59.7 Å². The molecule has 1 saturated heterocycles. The van der Waals surface area contributed by atoms with Gasteiger partial charge < -0.3 is 19.5 Å². The van der Waals surface area contributed by atoms with Crippen molar-refractivity contribution in [2.75, 3.05) is 27.3 Å². The maximum atomic E-state index is 12.6. The summed E-state index contributed by atoms with van der Waals surface area (Å²) < 4.78 is 16.3. The van der Waals surface area contributed by atoms with Crippen molar-refractivity contribution >= 4 is 5.97 Å². The Balaban J connectivity index is 1.76. The number of hydrogen-bond donors (Lipinski definition) is 1. The molecule has 2 aromatic carbocycles. The normalized spacial score (nSPS) is 19.9. The van der Waals surface area contributed by atoms with Gasteiger partial charge >= 0.3 is 5.97 Å². The molecule has 0 saturated carbocycles. The van der Waals surface area contributed by atoms with Gasteiger partial charge in [-0.05, 0) is 36.7 Å². The van der Waals surface area contributed by atoms with Gasteiger partial charge in [-0.3, -0.25) is 0 Å². The van der Waals surface area contributed by atoms with Gasteiger partial charge in [0.15, 0.2) is 11.5 Å². The summed E-state index contributed by atoms with van der Waals surface area (Å²) in [6, 6.07) is 15.3. The highest BCUT2D eigenvalue weighted by molar-refractivity contribution is 5.90. The zero-order chi connectivity index (χ0) is 17.6. The van der Waals surface area contributed by atoms with E-state index in [4.69, 9.17) is 14.2 Å². The smallest absolute Gasteiger partial charge is 0.338 e. The van der Waals surface area contributed by atoms with Crippen LogP contribution >= 0.6 is 0 Å². The summed E-state index contributed by atoms with van der Waals surface area (Å²) in [5.41, 5.74) is 1.66. The molecule has 5 heteroatoms. The Labute approximate surface area is 147 Å². The standard InChI is InChI=1S/C20H23NO4/c1-23-17-9-8-15(12-18(17)24-2)20(22)25-19-13-21-11-10-16(19)14-6-4-3-5-7-14/h3-9,12,16,19,21H,10-11,13H2,1-2H3/t16?,19-/m0/s1. The summed E-state index contributed by atoms with van der Waals surface area (Å²) in [5.74, 6) is 0.945. The Kier molecular flexibility index (Phi) is 5.56. The molecule has 3 rings (SSSR count). The van der Waals surface area contributed by atoms with Crippen LogP contribution in [0.2, 0.25) is 0 Å². The Bertz CT molecular complexity index is 717. The SMILES string of the molecule is COc1ccc(C(=O)O[C@H]2CNCCC2c2ccccc2)cc1OC. The second-order valence-electron chi connectivity index (χ2n) is 6.02. The molecule has 0 bridgehead atoms. The predicted molar refractivity (Wildman–Crippen MR) is 95.4 cm³/mol. The summed E-state index contributed by atoms with van der Waals surface area (Å²) in [6.45, 7) is 1.57. The lowest BCUT2D eigenvalue weighted by Gasteiger charge is -2.32. The summed E-state index contributed by atoms with van der Waals surface area (Å²) in [5, 5.41) is 3.31. The fourth-order valence-corrected chi connectivity index (χ4v) is 3.20. The predicted octanol–water partition coefficient (Wildman–Crippen LogP) is 3.01. The van der Waals surface area contributed by atoms with Crippen molar-refractivity contribution in [1.29, 1.82) is 0 Å². The van der Waals surface area contributed by atoms with Gasteiger partial charge in [0.05, 0.1) is 19.8 Å². The van der Waals surface area contributed by atoms with E-state index in [1.165, 1.54) is 5.56 Å². The van der Waals surface area contributed by atoms with Crippen LogP contribution in [0.5, 0.6) is 11.5 Å². The third kappa shape index (κ3) is 3.94. The zero-order valence-corrected chi connectivity index (χ0v) is 14.5. The number of hydrogen-bond acceptors (Lipinski definition) is 5. The minimum Gasteiger partial charge on any atom is -0.493 e. The molecule has 1 N–H and O–H groups in total. The van der Waals surface area contributed by atoms with Gasteiger partial charge in [0.25, 0.3) is 0 Å². The molecule has 1 heterocycles. The highest BCUT2D eigenvalue weighted by Crippen LogP contribution is 2.30. The van der Waals surface area contributed by atoms with Crippen LogP contribution in [0, 0.1) is 0 Å². The lowest BCUT2D eigenvalue weighted by molar-refractivity contribution is 0.0182. The van der Waals surface area contributed by atoms with Gasteiger partial charge in [-0.2, -0.15) is 0 Å². The number of nitrogens with one attached hydrogen (secondary N) is 1. The number of carbonyl (C=O) groups is 1. The van der Waals surface area contributed by atoms with E-state index < -0.39 is 0 Å². The van der Waals surface area contributed by atoms with E-state index >= 15 is 0 Å². The Morgan fingerprint density at radius 3 is 2.52 bits per heavy atom. The molecule has 0 radical (unpaired) electrons. The Morgan fingerprint density at radius 1 is 1.04 bits per heavy atom. The van der Waals surface area contributed by atoms with Crippen molar-refractivity contribution < 1.29 is 19.0 Å². The summed E-state index contributed by atoms with van der Waals surface area (Å²) in [4.78, 5) is 12.6. The maximum absolute atomic E-state index is 12.6. The minimum absolute atomic E-state index is 0.197. The lowest BCUT2D eigenvalue weighted by atomic mass is 9.88. The van der Waals surface area contributed by atoms with E-state index in [1.54, 1.807) is 32.4 Å². The van der Waals surface area contributed by atoms with Crippen molar-refractivity contribution in [3.8, 4) is 11.5 Å². The van der Waals surface area contributed by atoms with Crippen LogP contribution in [0.1, 0.15) is 28.3 Å². The third-order valence-electron chi connectivity index (χ3n) is 4.53. The van der Waals surface area contributed by atoms with Crippen LogP contribution in [0.4, 0.5) is 0 Å². The fourth-order valence-electron chi connectivity index (χ4n) is 3.20. The molecular formula is C20H23NO4. The average Bonchev–Trinajstić information content (AvgIpc) is 2.68. The second kappa shape index (κ2) is 8.03. The number of ether oxygens (including phenoxy) is 3. The van der Waals surface area contributed by atoms with E-state index in [9.17, 15) is 4.79 Å². The molecule has 132 valence electrons. The number of piperidine rings is 1. The summed E-state index contributed by atoms with van der Waals surface area (Å²) in [6.07, 6.45) is 0.741. The monoisotopic (exact) mass is 341 g/mol. The molecule has 0 spiro atoms. The first-order chi connectivity index (χ1) is 12.2. The van der Waals surface area contributed by atoms with E-state index in [1.807, 2.05) is 18.2 Å². The van der Waals surface area contributed by atoms with Gasteiger partial charge in [0.2, 0.25) is 0 Å². The molecule has 1 aliphatic rings. The first-order valence-corrected chi connectivity index (χ1v) is 8.41. The van der Waals surface area contributed by atoms with Crippen molar-refractivity contribution in [2.24, 2.45) is 0 Å². The zero-order valence-electron chi connectivity index (χ0n) is 14.5. The maximum Gasteiger partial charge on any atom is 0.338 e. The number of benzene rings is 2. The first kappa shape index (κ1) is 17.3. The van der Waals surface area contributed by atoms with E-state index in [2.05, 4.69) is 17.4 Å². The highest BCUT2D eigenvalue weighted by atomic mass is 16.5. The molecule has 1 fully saturated rings. The number of rotatable bonds is 5. The quantitative estimate of drug-likeness (QED) is 0.847. The Morgan fingerprint density at radius 2 is 1.80 bits per heavy atom. The van der Waals surface area contributed by atoms with Gasteiger partial charge in [0.1, 0.15) is 6.10 Å². The molecule has 5 nitrogen and oxygen atoms in total. The molecule has 0 aliphatic carbocycles. The number of carbonyl (C=O) groups excluding carboxylic acids is 1. The van der Waals surface area contributed by atoms with Crippen LogP contribution in [-0.4, -0.2) is 39.4 Å². The van der Waals surface area contributed by atoms with Crippen LogP contribution < -0.4 is 14.8 Å². The largest absolute Gasteiger partial charge is 0.493 e. The summed E-state index contributed by atoms with van der Waals surface area (Å²) >= 11 is 0. The van der Waals surface area contributed by atoms with Crippen LogP contribution in [-0.2, 0) is 4.74 Å². The second-order valence-corrected chi connectivity index (χ2v) is 6.02. The van der Waals surface area contributed by atoms with Crippen LogP contribution in [0.25, 0.3) is 0 Å². The number of methoxy groups -OCH3 is 2. The topological polar surface area (TPSA) is 56.8 Å². The van der Waals surface area contributed by atoms with E-state index in [0.717, 1.165) is 13.0 Å². The molecule has 2 aromatic rings. The average molecular weight is 341 g/mol. The molecule has 1 aliphatic heterocycles. The van der Waals surface area contributed by atoms with Crippen LogP contribution in [0.3, 0.4) is 0 Å². The minimum atomic E-state index is -0.351. The van der Waals surface area contributed by atoms with Crippen molar-refractivity contribution in [3.63, 3.8) is 0 Å². The molecule has 1 unspecified atom stereocenters. The van der Waals surface area contributed by atoms with E-state index in [-0.39, 0.29) is 18.0 Å². The number of esters is 1. The van der Waals surface area contributed by atoms with E-state index in [0.29, 0.717) is 23.6 Å². The van der Waals surface area contributed by atoms with Crippen LogP contribution in [0.15, 0.2) is 48.5 Å². The Hall–Kier alpha value is -2.53. The van der Waals surface area contributed by atoms with Crippen molar-refractivity contribution in [2.45, 2.75) is 18.4 Å². The van der Waals surface area contributed by atoms with Gasteiger partial charge in [-0.15, -0.1) is 0 Å². The molecule has 2 atom stereocenters. The highest BCUT2D eigenvalue weighted by Gasteiger charge is 2.30. The molecule has 0 amide bonds. The lowest BCUT2D eigenvalue weighted by Crippen LogP contribution is -2.42. The summed E-state index contributed by atoms with van der Waals surface area (Å²) in [7, 11) is 3.11. The first-order valence-electron chi connectivity index (χ1n) is 8.41. The van der Waals surface area contributed by atoms with Crippen molar-refractivity contribution in [1.82, 2.24) is 5.32 Å². The molecular weight excluding hydrogens is 318 g/mol. The van der Waals surface area contributed by atoms with Gasteiger partial charge in [-0.1, -0.05) is 30.3 Å². The molecule has 0 aromatic heterocycles.